The molecule has 1 amide bonds. The Hall–Kier alpha value is -0.650. The van der Waals surface area contributed by atoms with Crippen LogP contribution >= 0.6 is 0 Å². The zero-order valence-corrected chi connectivity index (χ0v) is 11.4. The van der Waals surface area contributed by atoms with E-state index in [0.717, 1.165) is 0 Å². The van der Waals surface area contributed by atoms with Gasteiger partial charge in [0.1, 0.15) is 0 Å². The maximum Gasteiger partial charge on any atom is 0.225 e. The molecule has 0 spiro atoms. The van der Waals surface area contributed by atoms with E-state index in [-0.39, 0.29) is 18.1 Å². The van der Waals surface area contributed by atoms with Crippen molar-refractivity contribution < 1.29 is 14.3 Å². The predicted octanol–water partition coefficient (Wildman–Crippen LogP) is 0.624. The standard InChI is InChI=1S/C12H26N2O3/c1-5-14(10(3)9-16-4)12(15)7-11(8-13)17-6-2/h10-11H,5-9,13H2,1-4H3. The van der Waals surface area contributed by atoms with Crippen molar-refractivity contribution in [2.24, 2.45) is 5.73 Å². The summed E-state index contributed by atoms with van der Waals surface area (Å²) in [5, 5.41) is 0. The second kappa shape index (κ2) is 9.39. The van der Waals surface area contributed by atoms with E-state index in [1.54, 1.807) is 12.0 Å². The Kier molecular flexibility index (Phi) is 9.03. The first-order valence-electron chi connectivity index (χ1n) is 6.20. The number of methoxy groups -OCH3 is 1. The second-order valence-electron chi connectivity index (χ2n) is 4.00. The molecule has 2 N–H and O–H groups in total. The average molecular weight is 246 g/mol. The van der Waals surface area contributed by atoms with Gasteiger partial charge in [0.25, 0.3) is 0 Å². The number of nitrogens with zero attached hydrogens (tertiary/aromatic N) is 1. The van der Waals surface area contributed by atoms with Gasteiger partial charge in [0.2, 0.25) is 5.91 Å². The highest BCUT2D eigenvalue weighted by molar-refractivity contribution is 5.77. The lowest BCUT2D eigenvalue weighted by atomic mass is 10.2. The minimum absolute atomic E-state index is 0.0703. The summed E-state index contributed by atoms with van der Waals surface area (Å²) in [5.41, 5.74) is 5.56. The first-order valence-corrected chi connectivity index (χ1v) is 6.20. The van der Waals surface area contributed by atoms with Crippen molar-refractivity contribution in [1.82, 2.24) is 4.90 Å². The largest absolute Gasteiger partial charge is 0.383 e. The van der Waals surface area contributed by atoms with Crippen molar-refractivity contribution in [2.75, 3.05) is 33.4 Å². The third kappa shape index (κ3) is 6.00. The van der Waals surface area contributed by atoms with E-state index in [1.807, 2.05) is 20.8 Å². The van der Waals surface area contributed by atoms with Crippen molar-refractivity contribution in [3.05, 3.63) is 0 Å². The van der Waals surface area contributed by atoms with Gasteiger partial charge in [-0.1, -0.05) is 0 Å². The van der Waals surface area contributed by atoms with Crippen molar-refractivity contribution >= 4 is 5.91 Å². The quantitative estimate of drug-likeness (QED) is 0.648. The highest BCUT2D eigenvalue weighted by atomic mass is 16.5. The summed E-state index contributed by atoms with van der Waals surface area (Å²) in [4.78, 5) is 13.9. The lowest BCUT2D eigenvalue weighted by molar-refractivity contribution is -0.136. The number of hydrogen-bond donors (Lipinski definition) is 1. The molecule has 0 aliphatic carbocycles. The molecule has 102 valence electrons. The molecule has 2 atom stereocenters. The smallest absolute Gasteiger partial charge is 0.225 e. The van der Waals surface area contributed by atoms with Crippen LogP contribution in [-0.2, 0) is 14.3 Å². The second-order valence-corrected chi connectivity index (χ2v) is 4.00. The fourth-order valence-electron chi connectivity index (χ4n) is 1.82. The Balaban J connectivity index is 4.32. The minimum Gasteiger partial charge on any atom is -0.383 e. The van der Waals surface area contributed by atoms with E-state index in [0.29, 0.717) is 32.7 Å². The fourth-order valence-corrected chi connectivity index (χ4v) is 1.82. The van der Waals surface area contributed by atoms with Gasteiger partial charge < -0.3 is 20.1 Å². The number of amides is 1. The van der Waals surface area contributed by atoms with E-state index < -0.39 is 0 Å². The van der Waals surface area contributed by atoms with E-state index >= 15 is 0 Å². The van der Waals surface area contributed by atoms with Gasteiger partial charge in [0, 0.05) is 26.8 Å². The highest BCUT2D eigenvalue weighted by Crippen LogP contribution is 2.06. The molecule has 0 rings (SSSR count). The number of likely N-dealkylation sites (N-methyl/N-ethyl adjacent to an activating group) is 1. The lowest BCUT2D eigenvalue weighted by Crippen LogP contribution is -2.43. The van der Waals surface area contributed by atoms with Crippen molar-refractivity contribution in [2.45, 2.75) is 39.3 Å². The highest BCUT2D eigenvalue weighted by Gasteiger charge is 2.21. The van der Waals surface area contributed by atoms with Crippen LogP contribution in [-0.4, -0.2) is 56.4 Å². The molecular formula is C12H26N2O3. The van der Waals surface area contributed by atoms with Crippen LogP contribution in [0.25, 0.3) is 0 Å². The van der Waals surface area contributed by atoms with Crippen LogP contribution < -0.4 is 5.73 Å². The third-order valence-corrected chi connectivity index (χ3v) is 2.67. The first-order chi connectivity index (χ1) is 8.10. The van der Waals surface area contributed by atoms with Crippen LogP contribution in [0.1, 0.15) is 27.2 Å². The van der Waals surface area contributed by atoms with Crippen molar-refractivity contribution in [3.8, 4) is 0 Å². The fraction of sp³-hybridized carbons (Fsp3) is 0.917. The van der Waals surface area contributed by atoms with Gasteiger partial charge >= 0.3 is 0 Å². The lowest BCUT2D eigenvalue weighted by Gasteiger charge is -2.29. The van der Waals surface area contributed by atoms with E-state index in [1.165, 1.54) is 0 Å². The molecule has 0 aromatic carbocycles. The average Bonchev–Trinajstić information content (AvgIpc) is 2.29. The molecule has 0 heterocycles. The van der Waals surface area contributed by atoms with Gasteiger partial charge in [-0.05, 0) is 20.8 Å². The molecule has 0 aromatic rings. The van der Waals surface area contributed by atoms with Gasteiger partial charge in [-0.2, -0.15) is 0 Å². The molecule has 17 heavy (non-hydrogen) atoms. The van der Waals surface area contributed by atoms with Gasteiger partial charge in [0.15, 0.2) is 0 Å². The van der Waals surface area contributed by atoms with E-state index in [9.17, 15) is 4.79 Å². The van der Waals surface area contributed by atoms with Crippen LogP contribution in [0.2, 0.25) is 0 Å². The Morgan fingerprint density at radius 3 is 2.47 bits per heavy atom. The van der Waals surface area contributed by atoms with E-state index in [2.05, 4.69) is 0 Å². The van der Waals surface area contributed by atoms with Crippen LogP contribution in [0.5, 0.6) is 0 Å². The molecule has 5 heteroatoms. The first kappa shape index (κ1) is 16.4. The molecule has 0 fully saturated rings. The zero-order valence-electron chi connectivity index (χ0n) is 11.4. The topological polar surface area (TPSA) is 64.8 Å². The van der Waals surface area contributed by atoms with Crippen LogP contribution in [0.4, 0.5) is 0 Å². The van der Waals surface area contributed by atoms with Crippen LogP contribution in [0.3, 0.4) is 0 Å². The zero-order chi connectivity index (χ0) is 13.3. The van der Waals surface area contributed by atoms with Crippen LogP contribution in [0.15, 0.2) is 0 Å². The van der Waals surface area contributed by atoms with Gasteiger partial charge in [0.05, 0.1) is 25.2 Å². The molecule has 0 saturated carbocycles. The number of rotatable bonds is 9. The normalized spacial score (nSPS) is 14.4. The van der Waals surface area contributed by atoms with Gasteiger partial charge in [-0.25, -0.2) is 0 Å². The summed E-state index contributed by atoms with van der Waals surface area (Å²) in [7, 11) is 1.64. The molecule has 0 aliphatic rings. The number of hydrogen-bond acceptors (Lipinski definition) is 4. The summed E-state index contributed by atoms with van der Waals surface area (Å²) in [6.07, 6.45) is 0.156. The molecule has 5 nitrogen and oxygen atoms in total. The number of ether oxygens (including phenoxy) is 2. The van der Waals surface area contributed by atoms with Crippen molar-refractivity contribution in [1.29, 1.82) is 0 Å². The minimum atomic E-state index is -0.184. The molecular weight excluding hydrogens is 220 g/mol. The molecule has 0 aliphatic heterocycles. The Morgan fingerprint density at radius 2 is 2.06 bits per heavy atom. The molecule has 0 radical (unpaired) electrons. The molecule has 2 unspecified atom stereocenters. The number of carbonyl (C=O) groups excluding carboxylic acids is 1. The van der Waals surface area contributed by atoms with Crippen LogP contribution in [0, 0.1) is 0 Å². The summed E-state index contributed by atoms with van der Waals surface area (Å²) in [6.45, 7) is 8.00. The van der Waals surface area contributed by atoms with E-state index in [4.69, 9.17) is 15.2 Å². The number of nitrogens with two attached hydrogens (primary N) is 1. The SMILES string of the molecule is CCOC(CN)CC(=O)N(CC)C(C)COC. The van der Waals surface area contributed by atoms with Gasteiger partial charge in [-0.3, -0.25) is 4.79 Å². The summed E-state index contributed by atoms with van der Waals surface area (Å²) in [5.74, 6) is 0.0703. The maximum atomic E-state index is 12.1. The Bertz CT molecular complexity index is 212. The third-order valence-electron chi connectivity index (χ3n) is 2.67. The summed E-state index contributed by atoms with van der Waals surface area (Å²) in [6, 6.07) is 0.0811. The van der Waals surface area contributed by atoms with Crippen molar-refractivity contribution in [3.63, 3.8) is 0 Å². The molecule has 0 bridgehead atoms. The van der Waals surface area contributed by atoms with Gasteiger partial charge in [-0.15, -0.1) is 0 Å². The summed E-state index contributed by atoms with van der Waals surface area (Å²) >= 11 is 0. The Labute approximate surface area is 104 Å². The molecule has 0 saturated heterocycles. The predicted molar refractivity (Wildman–Crippen MR) is 67.8 cm³/mol. The number of carbonyl (C=O) groups is 1. The molecule has 0 aromatic heterocycles. The Morgan fingerprint density at radius 1 is 1.41 bits per heavy atom. The summed E-state index contributed by atoms with van der Waals surface area (Å²) < 4.78 is 10.5. The monoisotopic (exact) mass is 246 g/mol. The maximum absolute atomic E-state index is 12.1.